The minimum Gasteiger partial charge on any atom is -0.490 e. The molecule has 1 aliphatic carbocycles. The number of para-hydroxylation sites is 1. The number of nitrogens with one attached hydrogen (secondary N) is 1. The van der Waals surface area contributed by atoms with Gasteiger partial charge in [-0.1, -0.05) is 18.2 Å². The topological polar surface area (TPSA) is 41.1 Å². The monoisotopic (exact) mass is 283 g/mol. The quantitative estimate of drug-likeness (QED) is 0.938. The molecule has 0 spiro atoms. The van der Waals surface area contributed by atoms with Gasteiger partial charge in [0.25, 0.3) is 0 Å². The molecule has 110 valence electrons. The van der Waals surface area contributed by atoms with Gasteiger partial charge in [0.05, 0.1) is 6.10 Å². The van der Waals surface area contributed by atoms with Crippen LogP contribution in [0.5, 0.6) is 5.75 Å². The summed E-state index contributed by atoms with van der Waals surface area (Å²) in [4.78, 5) is 2.54. The average molecular weight is 283 g/mol. The highest BCUT2D eigenvalue weighted by molar-refractivity contribution is 5.21. The Balaban J connectivity index is 1.31. The number of ether oxygens (including phenoxy) is 1. The Bertz CT molecular complexity index is 555. The third kappa shape index (κ3) is 2.81. The summed E-state index contributed by atoms with van der Waals surface area (Å²) in [6.07, 6.45) is 4.62. The largest absolute Gasteiger partial charge is 0.490 e. The number of nitrogens with zero attached hydrogens (tertiary/aromatic N) is 2. The fraction of sp³-hybridized carbons (Fsp3) is 0.471. The highest BCUT2D eigenvalue weighted by Crippen LogP contribution is 2.40. The fourth-order valence-electron chi connectivity index (χ4n) is 3.87. The molecule has 1 aromatic carbocycles. The standard InChI is InChI=1S/C17H21N3O/c1-2-4-16(5-3-1)21-17-8-13-10-20(11-14(13)9-17)12-15-6-7-18-19-15/h1-7,13-14,17H,8-12H2,(H,18,19)/t13-,14+,17?. The molecule has 1 saturated heterocycles. The third-order valence-corrected chi connectivity index (χ3v) is 4.78. The van der Waals surface area contributed by atoms with Crippen molar-refractivity contribution in [3.63, 3.8) is 0 Å². The Morgan fingerprint density at radius 1 is 1.10 bits per heavy atom. The van der Waals surface area contributed by atoms with Crippen LogP contribution in [0.1, 0.15) is 18.5 Å². The van der Waals surface area contributed by atoms with Gasteiger partial charge in [0.2, 0.25) is 0 Å². The number of aromatic nitrogens is 2. The van der Waals surface area contributed by atoms with E-state index in [-0.39, 0.29) is 0 Å². The number of hydrogen-bond donors (Lipinski definition) is 1. The molecule has 0 bridgehead atoms. The smallest absolute Gasteiger partial charge is 0.119 e. The molecule has 0 amide bonds. The molecule has 4 nitrogen and oxygen atoms in total. The molecule has 21 heavy (non-hydrogen) atoms. The molecule has 3 atom stereocenters. The molecule has 1 aliphatic heterocycles. The molecule has 4 rings (SSSR count). The van der Waals surface area contributed by atoms with E-state index >= 15 is 0 Å². The first-order valence-corrected chi connectivity index (χ1v) is 7.79. The van der Waals surface area contributed by atoms with Crippen molar-refractivity contribution in [3.05, 3.63) is 48.3 Å². The van der Waals surface area contributed by atoms with Crippen LogP contribution in [0.3, 0.4) is 0 Å². The summed E-state index contributed by atoms with van der Waals surface area (Å²) in [6.45, 7) is 3.38. The van der Waals surface area contributed by atoms with E-state index in [4.69, 9.17) is 4.74 Å². The first-order valence-electron chi connectivity index (χ1n) is 7.79. The van der Waals surface area contributed by atoms with Gasteiger partial charge in [-0.2, -0.15) is 5.10 Å². The lowest BCUT2D eigenvalue weighted by Crippen LogP contribution is -2.24. The molecule has 1 N–H and O–H groups in total. The number of hydrogen-bond acceptors (Lipinski definition) is 3. The van der Waals surface area contributed by atoms with Crippen LogP contribution in [0.15, 0.2) is 42.6 Å². The number of rotatable bonds is 4. The van der Waals surface area contributed by atoms with Gasteiger partial charge >= 0.3 is 0 Å². The number of aromatic amines is 1. The SMILES string of the molecule is c1ccc(OC2C[C@@H]3CN(Cc4ccn[nH]4)C[C@@H]3C2)cc1. The maximum absolute atomic E-state index is 6.12. The zero-order valence-electron chi connectivity index (χ0n) is 12.1. The first kappa shape index (κ1) is 12.9. The lowest BCUT2D eigenvalue weighted by Gasteiger charge is -2.19. The van der Waals surface area contributed by atoms with Gasteiger partial charge in [0.1, 0.15) is 5.75 Å². The Kier molecular flexibility index (Phi) is 3.39. The van der Waals surface area contributed by atoms with Crippen LogP contribution in [-0.4, -0.2) is 34.3 Å². The van der Waals surface area contributed by atoms with Crippen molar-refractivity contribution in [2.24, 2.45) is 11.8 Å². The summed E-state index contributed by atoms with van der Waals surface area (Å²) in [6, 6.07) is 12.3. The van der Waals surface area contributed by atoms with Crippen molar-refractivity contribution in [3.8, 4) is 5.75 Å². The van der Waals surface area contributed by atoms with Crippen LogP contribution in [0, 0.1) is 11.8 Å². The zero-order chi connectivity index (χ0) is 14.1. The Labute approximate surface area is 125 Å². The summed E-state index contributed by atoms with van der Waals surface area (Å²) in [5.74, 6) is 2.60. The molecule has 1 saturated carbocycles. The molecule has 2 heterocycles. The van der Waals surface area contributed by atoms with E-state index in [1.54, 1.807) is 0 Å². The van der Waals surface area contributed by atoms with E-state index < -0.39 is 0 Å². The maximum atomic E-state index is 6.12. The summed E-state index contributed by atoms with van der Waals surface area (Å²) < 4.78 is 6.12. The van der Waals surface area contributed by atoms with Gasteiger partial charge in [0, 0.05) is 31.5 Å². The van der Waals surface area contributed by atoms with Gasteiger partial charge < -0.3 is 4.74 Å². The van der Waals surface area contributed by atoms with Crippen molar-refractivity contribution in [1.29, 1.82) is 0 Å². The van der Waals surface area contributed by atoms with Crippen LogP contribution >= 0.6 is 0 Å². The first-order chi connectivity index (χ1) is 10.4. The number of fused-ring (bicyclic) bond motifs is 1. The van der Waals surface area contributed by atoms with Crippen molar-refractivity contribution in [1.82, 2.24) is 15.1 Å². The third-order valence-electron chi connectivity index (χ3n) is 4.78. The molecule has 4 heteroatoms. The summed E-state index contributed by atoms with van der Waals surface area (Å²) in [5.41, 5.74) is 1.21. The van der Waals surface area contributed by atoms with Crippen LogP contribution in [0.25, 0.3) is 0 Å². The van der Waals surface area contributed by atoms with Crippen molar-refractivity contribution in [2.45, 2.75) is 25.5 Å². The second-order valence-corrected chi connectivity index (χ2v) is 6.32. The lowest BCUT2D eigenvalue weighted by molar-refractivity contribution is 0.184. The highest BCUT2D eigenvalue weighted by atomic mass is 16.5. The molecule has 2 aromatic rings. The predicted molar refractivity (Wildman–Crippen MR) is 80.9 cm³/mol. The average Bonchev–Trinajstić information content (AvgIpc) is 3.17. The summed E-state index contributed by atoms with van der Waals surface area (Å²) in [5, 5.41) is 7.08. The molecule has 0 radical (unpaired) electrons. The molecule has 2 aliphatic rings. The van der Waals surface area contributed by atoms with Gasteiger partial charge in [0.15, 0.2) is 0 Å². The Hall–Kier alpha value is -1.81. The maximum Gasteiger partial charge on any atom is 0.119 e. The number of benzene rings is 1. The van der Waals surface area contributed by atoms with E-state index in [9.17, 15) is 0 Å². The van der Waals surface area contributed by atoms with E-state index in [2.05, 4.69) is 33.3 Å². The van der Waals surface area contributed by atoms with Gasteiger partial charge in [-0.3, -0.25) is 10.00 Å². The number of likely N-dealkylation sites (tertiary alicyclic amines) is 1. The van der Waals surface area contributed by atoms with E-state index in [1.165, 1.54) is 31.6 Å². The van der Waals surface area contributed by atoms with Gasteiger partial charge in [-0.15, -0.1) is 0 Å². The summed E-state index contributed by atoms with van der Waals surface area (Å²) in [7, 11) is 0. The molecule has 2 fully saturated rings. The Morgan fingerprint density at radius 2 is 1.86 bits per heavy atom. The van der Waals surface area contributed by atoms with E-state index in [0.29, 0.717) is 6.10 Å². The van der Waals surface area contributed by atoms with Crippen molar-refractivity contribution in [2.75, 3.05) is 13.1 Å². The minimum atomic E-state index is 0.400. The molecule has 1 aromatic heterocycles. The van der Waals surface area contributed by atoms with Gasteiger partial charge in [-0.25, -0.2) is 0 Å². The second-order valence-electron chi connectivity index (χ2n) is 6.32. The Morgan fingerprint density at radius 3 is 2.52 bits per heavy atom. The predicted octanol–water partition coefficient (Wildman–Crippen LogP) is 2.70. The fourth-order valence-corrected chi connectivity index (χ4v) is 3.87. The van der Waals surface area contributed by atoms with Crippen LogP contribution < -0.4 is 4.74 Å². The van der Waals surface area contributed by atoms with Crippen molar-refractivity contribution < 1.29 is 4.74 Å². The second kappa shape index (κ2) is 5.53. The highest BCUT2D eigenvalue weighted by Gasteiger charge is 2.41. The van der Waals surface area contributed by atoms with E-state index in [1.807, 2.05) is 24.4 Å². The van der Waals surface area contributed by atoms with Gasteiger partial charge in [-0.05, 0) is 42.9 Å². The van der Waals surface area contributed by atoms with E-state index in [0.717, 1.165) is 24.1 Å². The molecular weight excluding hydrogens is 262 g/mol. The van der Waals surface area contributed by atoms with Crippen LogP contribution in [0.4, 0.5) is 0 Å². The zero-order valence-corrected chi connectivity index (χ0v) is 12.1. The summed E-state index contributed by atoms with van der Waals surface area (Å²) >= 11 is 0. The van der Waals surface area contributed by atoms with Crippen LogP contribution in [0.2, 0.25) is 0 Å². The number of H-pyrrole nitrogens is 1. The normalized spacial score (nSPS) is 28.7. The lowest BCUT2D eigenvalue weighted by atomic mass is 10.0. The molecular formula is C17H21N3O. The minimum absolute atomic E-state index is 0.400. The molecule has 1 unspecified atom stereocenters. The van der Waals surface area contributed by atoms with Crippen molar-refractivity contribution >= 4 is 0 Å². The van der Waals surface area contributed by atoms with Crippen LogP contribution in [-0.2, 0) is 6.54 Å².